The van der Waals surface area contributed by atoms with E-state index in [1.165, 1.54) is 0 Å². The summed E-state index contributed by atoms with van der Waals surface area (Å²) >= 11 is 0. The van der Waals surface area contributed by atoms with Crippen molar-refractivity contribution in [3.8, 4) is 5.75 Å². The third-order valence-corrected chi connectivity index (χ3v) is 4.18. The minimum Gasteiger partial charge on any atom is -1.00 e. The van der Waals surface area contributed by atoms with Crippen LogP contribution in [0.25, 0.3) is 0 Å². The van der Waals surface area contributed by atoms with Gasteiger partial charge in [-0.3, -0.25) is 0 Å². The molecular formula is C17H28BrNO3. The van der Waals surface area contributed by atoms with Crippen molar-refractivity contribution >= 4 is 5.97 Å². The Balaban J connectivity index is 0.00000441. The first-order valence-corrected chi connectivity index (χ1v) is 7.69. The molecule has 0 aliphatic carbocycles. The van der Waals surface area contributed by atoms with Crippen LogP contribution in [0.3, 0.4) is 0 Å². The lowest BCUT2D eigenvalue weighted by Gasteiger charge is -2.32. The second-order valence-corrected chi connectivity index (χ2v) is 5.55. The predicted octanol–water partition coefficient (Wildman–Crippen LogP) is 0.123. The van der Waals surface area contributed by atoms with Gasteiger partial charge in [0.05, 0.1) is 46.0 Å². The van der Waals surface area contributed by atoms with Crippen LogP contribution in [-0.2, 0) is 4.74 Å². The number of ether oxygens (including phenoxy) is 2. The van der Waals surface area contributed by atoms with Gasteiger partial charge in [0.1, 0.15) is 5.75 Å². The third kappa shape index (κ3) is 6.79. The van der Waals surface area contributed by atoms with Gasteiger partial charge < -0.3 is 30.9 Å². The van der Waals surface area contributed by atoms with E-state index in [9.17, 15) is 4.79 Å². The first-order valence-electron chi connectivity index (χ1n) is 7.69. The van der Waals surface area contributed by atoms with E-state index < -0.39 is 0 Å². The zero-order valence-corrected chi connectivity index (χ0v) is 15.7. The van der Waals surface area contributed by atoms with E-state index in [1.807, 2.05) is 0 Å². The Morgan fingerprint density at radius 3 is 2.18 bits per heavy atom. The van der Waals surface area contributed by atoms with Gasteiger partial charge in [0, 0.05) is 0 Å². The molecule has 1 aromatic carbocycles. The van der Waals surface area contributed by atoms with Gasteiger partial charge in [-0.15, -0.1) is 0 Å². The molecule has 126 valence electrons. The highest BCUT2D eigenvalue weighted by Gasteiger charge is 2.15. The fourth-order valence-corrected chi connectivity index (χ4v) is 2.11. The first-order chi connectivity index (χ1) is 10.0. The smallest absolute Gasteiger partial charge is 0.338 e. The van der Waals surface area contributed by atoms with E-state index in [-0.39, 0.29) is 23.0 Å². The highest BCUT2D eigenvalue weighted by atomic mass is 79.9. The predicted molar refractivity (Wildman–Crippen MR) is 84.6 cm³/mol. The molecule has 0 aliphatic rings. The maximum absolute atomic E-state index is 11.8. The molecule has 0 aliphatic heterocycles. The van der Waals surface area contributed by atoms with Crippen molar-refractivity contribution in [1.29, 1.82) is 0 Å². The highest BCUT2D eigenvalue weighted by molar-refractivity contribution is 5.89. The molecule has 0 saturated carbocycles. The number of esters is 1. The SMILES string of the molecule is CC[N+](C)(CC)CCCCOC(=O)c1ccc(OC)cc1.[Br-]. The summed E-state index contributed by atoms with van der Waals surface area (Å²) in [7, 11) is 3.87. The van der Waals surface area contributed by atoms with Gasteiger partial charge in [-0.1, -0.05) is 0 Å². The van der Waals surface area contributed by atoms with E-state index in [2.05, 4.69) is 20.9 Å². The average molecular weight is 374 g/mol. The molecule has 4 nitrogen and oxygen atoms in total. The number of carbonyl (C=O) groups is 1. The van der Waals surface area contributed by atoms with E-state index >= 15 is 0 Å². The number of quaternary nitrogens is 1. The lowest BCUT2D eigenvalue weighted by Crippen LogP contribution is -3.00. The molecule has 0 unspecified atom stereocenters. The number of benzene rings is 1. The number of carbonyl (C=O) groups excluding carboxylic acids is 1. The zero-order chi connectivity index (χ0) is 15.7. The standard InChI is InChI=1S/C17H28NO3.BrH/c1-5-18(3,6-2)13-7-8-14-21-17(19)15-9-11-16(20-4)12-10-15;/h9-12H,5-8,13-14H2,1-4H3;1H/q+1;/p-1. The van der Waals surface area contributed by atoms with E-state index in [4.69, 9.17) is 9.47 Å². The second kappa shape index (κ2) is 10.6. The molecule has 0 fully saturated rings. The Morgan fingerprint density at radius 2 is 1.68 bits per heavy atom. The quantitative estimate of drug-likeness (QED) is 0.350. The molecule has 0 aromatic heterocycles. The zero-order valence-electron chi connectivity index (χ0n) is 14.1. The van der Waals surface area contributed by atoms with E-state index in [1.54, 1.807) is 31.4 Å². The number of unbranched alkanes of at least 4 members (excludes halogenated alkanes) is 1. The molecule has 1 aromatic rings. The van der Waals surface area contributed by atoms with Gasteiger partial charge in [0.25, 0.3) is 0 Å². The summed E-state index contributed by atoms with van der Waals surface area (Å²) in [6, 6.07) is 6.98. The monoisotopic (exact) mass is 373 g/mol. The van der Waals surface area contributed by atoms with Gasteiger partial charge in [0.15, 0.2) is 0 Å². The summed E-state index contributed by atoms with van der Waals surface area (Å²) in [6.07, 6.45) is 1.99. The summed E-state index contributed by atoms with van der Waals surface area (Å²) in [6.45, 7) is 8.33. The molecule has 0 atom stereocenters. The summed E-state index contributed by atoms with van der Waals surface area (Å²) < 4.78 is 11.4. The first kappa shape index (κ1) is 20.9. The maximum atomic E-state index is 11.8. The fourth-order valence-electron chi connectivity index (χ4n) is 2.11. The Kier molecular flexibility index (Phi) is 10.1. The number of hydrogen-bond donors (Lipinski definition) is 0. The third-order valence-electron chi connectivity index (χ3n) is 4.18. The van der Waals surface area contributed by atoms with Crippen LogP contribution in [0.1, 0.15) is 37.0 Å². The molecule has 0 spiro atoms. The second-order valence-electron chi connectivity index (χ2n) is 5.55. The van der Waals surface area contributed by atoms with Gasteiger partial charge in [-0.25, -0.2) is 4.79 Å². The summed E-state index contributed by atoms with van der Waals surface area (Å²) in [4.78, 5) is 11.8. The van der Waals surface area contributed by atoms with Crippen molar-refractivity contribution < 1.29 is 35.7 Å². The number of hydrogen-bond acceptors (Lipinski definition) is 3. The Morgan fingerprint density at radius 1 is 1.09 bits per heavy atom. The van der Waals surface area contributed by atoms with E-state index in [0.717, 1.165) is 42.7 Å². The van der Waals surface area contributed by atoms with Crippen LogP contribution >= 0.6 is 0 Å². The number of nitrogens with zero attached hydrogens (tertiary/aromatic N) is 1. The van der Waals surface area contributed by atoms with Crippen LogP contribution in [0.2, 0.25) is 0 Å². The molecule has 0 bridgehead atoms. The van der Waals surface area contributed by atoms with Crippen LogP contribution in [0, 0.1) is 0 Å². The number of rotatable bonds is 9. The van der Waals surface area contributed by atoms with Gasteiger partial charge >= 0.3 is 5.97 Å². The topological polar surface area (TPSA) is 35.5 Å². The van der Waals surface area contributed by atoms with Crippen molar-refractivity contribution in [2.24, 2.45) is 0 Å². The Labute approximate surface area is 144 Å². The Bertz CT molecular complexity index is 430. The molecule has 0 N–H and O–H groups in total. The van der Waals surface area contributed by atoms with Gasteiger partial charge in [-0.05, 0) is 51.0 Å². The van der Waals surface area contributed by atoms with Crippen molar-refractivity contribution in [3.05, 3.63) is 29.8 Å². The van der Waals surface area contributed by atoms with Crippen LogP contribution < -0.4 is 21.7 Å². The Hall–Kier alpha value is -1.07. The van der Waals surface area contributed by atoms with Crippen molar-refractivity contribution in [1.82, 2.24) is 0 Å². The molecule has 1 rings (SSSR count). The lowest BCUT2D eigenvalue weighted by molar-refractivity contribution is -0.906. The summed E-state index contributed by atoms with van der Waals surface area (Å²) in [5.41, 5.74) is 0.568. The van der Waals surface area contributed by atoms with E-state index in [0.29, 0.717) is 12.2 Å². The molecule has 22 heavy (non-hydrogen) atoms. The van der Waals surface area contributed by atoms with Crippen LogP contribution in [-0.4, -0.2) is 50.9 Å². The molecule has 0 amide bonds. The van der Waals surface area contributed by atoms with Crippen molar-refractivity contribution in [3.63, 3.8) is 0 Å². The lowest BCUT2D eigenvalue weighted by atomic mass is 10.2. The van der Waals surface area contributed by atoms with Crippen molar-refractivity contribution in [2.75, 3.05) is 40.4 Å². The largest absolute Gasteiger partial charge is 1.00 e. The minimum absolute atomic E-state index is 0. The number of methoxy groups -OCH3 is 1. The molecule has 0 radical (unpaired) electrons. The van der Waals surface area contributed by atoms with Crippen molar-refractivity contribution in [2.45, 2.75) is 26.7 Å². The van der Waals surface area contributed by atoms with Crippen LogP contribution in [0.15, 0.2) is 24.3 Å². The molecular weight excluding hydrogens is 346 g/mol. The van der Waals surface area contributed by atoms with Gasteiger partial charge in [0.2, 0.25) is 0 Å². The average Bonchev–Trinajstić information content (AvgIpc) is 2.54. The van der Waals surface area contributed by atoms with Gasteiger partial charge in [-0.2, -0.15) is 0 Å². The number of halogens is 1. The summed E-state index contributed by atoms with van der Waals surface area (Å²) in [5.74, 6) is 0.476. The maximum Gasteiger partial charge on any atom is 0.338 e. The fraction of sp³-hybridized carbons (Fsp3) is 0.588. The molecule has 0 saturated heterocycles. The minimum atomic E-state index is -0.263. The summed E-state index contributed by atoms with van der Waals surface area (Å²) in [5, 5.41) is 0. The normalized spacial score (nSPS) is 10.7. The van der Waals surface area contributed by atoms with Crippen LogP contribution in [0.4, 0.5) is 0 Å². The highest BCUT2D eigenvalue weighted by Crippen LogP contribution is 2.12. The molecule has 5 heteroatoms. The molecule has 0 heterocycles. The van der Waals surface area contributed by atoms with Crippen LogP contribution in [0.5, 0.6) is 5.75 Å².